The molecule has 0 unspecified atom stereocenters. The lowest BCUT2D eigenvalue weighted by Crippen LogP contribution is -2.00. The van der Waals surface area contributed by atoms with Crippen LogP contribution >= 0.6 is 0 Å². The lowest BCUT2D eigenvalue weighted by Gasteiger charge is -2.08. The molecule has 1 N–H and O–H groups in total. The Balaban J connectivity index is 1.32. The van der Waals surface area contributed by atoms with E-state index in [0.717, 1.165) is 22.8 Å². The van der Waals surface area contributed by atoms with Crippen LogP contribution in [0.5, 0.6) is 11.6 Å². The van der Waals surface area contributed by atoms with Gasteiger partial charge in [-0.05, 0) is 35.4 Å². The highest BCUT2D eigenvalue weighted by molar-refractivity contribution is 5.87. The standard InChI is InChI=1S/C28H38N2O2/c1-2-3-4-5-6-7-8-9-10-11-12-13-20-32-27-18-19-29-28(30-27)25-15-14-24-22-26(31)17-16-23(24)21-25/h14-19,21-22,31H,2-13,20H2,1H3. The van der Waals surface area contributed by atoms with Gasteiger partial charge in [0.2, 0.25) is 5.88 Å². The van der Waals surface area contributed by atoms with E-state index >= 15 is 0 Å². The average molecular weight is 435 g/mol. The monoisotopic (exact) mass is 434 g/mol. The van der Waals surface area contributed by atoms with Crippen LogP contribution in [0.15, 0.2) is 48.7 Å². The molecular formula is C28H38N2O2. The highest BCUT2D eigenvalue weighted by Gasteiger charge is 2.05. The van der Waals surface area contributed by atoms with E-state index in [1.165, 1.54) is 70.6 Å². The van der Waals surface area contributed by atoms with Crippen molar-refractivity contribution < 1.29 is 9.84 Å². The fourth-order valence-corrected chi connectivity index (χ4v) is 4.05. The second-order valence-electron chi connectivity index (χ2n) is 8.70. The summed E-state index contributed by atoms with van der Waals surface area (Å²) in [7, 11) is 0. The van der Waals surface area contributed by atoms with Gasteiger partial charge in [-0.15, -0.1) is 0 Å². The molecule has 1 heterocycles. The molecule has 0 aliphatic carbocycles. The summed E-state index contributed by atoms with van der Waals surface area (Å²) in [5.41, 5.74) is 0.944. The Morgan fingerprint density at radius 1 is 0.719 bits per heavy atom. The summed E-state index contributed by atoms with van der Waals surface area (Å²) < 4.78 is 5.88. The van der Waals surface area contributed by atoms with E-state index in [0.29, 0.717) is 18.3 Å². The van der Waals surface area contributed by atoms with Gasteiger partial charge in [0.25, 0.3) is 0 Å². The van der Waals surface area contributed by atoms with E-state index in [1.807, 2.05) is 30.3 Å². The van der Waals surface area contributed by atoms with Crippen molar-refractivity contribution in [3.05, 3.63) is 48.7 Å². The first-order chi connectivity index (χ1) is 15.8. The molecule has 4 nitrogen and oxygen atoms in total. The Morgan fingerprint density at radius 2 is 1.34 bits per heavy atom. The Hall–Kier alpha value is -2.62. The summed E-state index contributed by atoms with van der Waals surface area (Å²) in [6.45, 7) is 2.97. The molecule has 0 saturated heterocycles. The van der Waals surface area contributed by atoms with E-state index in [2.05, 4.69) is 16.9 Å². The number of aromatic hydroxyl groups is 1. The third-order valence-corrected chi connectivity index (χ3v) is 5.96. The van der Waals surface area contributed by atoms with Gasteiger partial charge in [-0.3, -0.25) is 0 Å². The van der Waals surface area contributed by atoms with E-state index in [1.54, 1.807) is 18.3 Å². The fraction of sp³-hybridized carbons (Fsp3) is 0.500. The minimum Gasteiger partial charge on any atom is -0.508 e. The molecule has 32 heavy (non-hydrogen) atoms. The number of ether oxygens (including phenoxy) is 1. The summed E-state index contributed by atoms with van der Waals surface area (Å²) in [4.78, 5) is 8.99. The van der Waals surface area contributed by atoms with Crippen LogP contribution in [0, 0.1) is 0 Å². The van der Waals surface area contributed by atoms with Gasteiger partial charge >= 0.3 is 0 Å². The normalized spacial score (nSPS) is 11.2. The highest BCUT2D eigenvalue weighted by atomic mass is 16.5. The van der Waals surface area contributed by atoms with Gasteiger partial charge in [0.1, 0.15) is 5.75 Å². The molecule has 0 aliphatic rings. The zero-order valence-corrected chi connectivity index (χ0v) is 19.6. The molecule has 0 aliphatic heterocycles. The molecule has 0 atom stereocenters. The lowest BCUT2D eigenvalue weighted by molar-refractivity contribution is 0.293. The molecule has 3 aromatic rings. The van der Waals surface area contributed by atoms with Crippen LogP contribution in [0.1, 0.15) is 84.0 Å². The van der Waals surface area contributed by atoms with Crippen molar-refractivity contribution in [2.24, 2.45) is 0 Å². The molecule has 0 bridgehead atoms. The van der Waals surface area contributed by atoms with Crippen molar-refractivity contribution in [1.29, 1.82) is 0 Å². The molecular weight excluding hydrogens is 396 g/mol. The molecule has 0 radical (unpaired) electrons. The van der Waals surface area contributed by atoms with Crippen molar-refractivity contribution in [2.45, 2.75) is 84.0 Å². The Morgan fingerprint density at radius 3 is 2.06 bits per heavy atom. The Kier molecular flexibility index (Phi) is 10.3. The minimum absolute atomic E-state index is 0.273. The first kappa shape index (κ1) is 24.0. The maximum Gasteiger partial charge on any atom is 0.216 e. The first-order valence-electron chi connectivity index (χ1n) is 12.5. The smallest absolute Gasteiger partial charge is 0.216 e. The van der Waals surface area contributed by atoms with E-state index < -0.39 is 0 Å². The van der Waals surface area contributed by atoms with Crippen LogP contribution in [-0.2, 0) is 0 Å². The highest BCUT2D eigenvalue weighted by Crippen LogP contribution is 2.25. The second-order valence-corrected chi connectivity index (χ2v) is 8.70. The molecule has 172 valence electrons. The zero-order chi connectivity index (χ0) is 22.4. The topological polar surface area (TPSA) is 55.2 Å². The number of unbranched alkanes of at least 4 members (excludes halogenated alkanes) is 11. The summed E-state index contributed by atoms with van der Waals surface area (Å²) in [6.07, 6.45) is 17.8. The molecule has 3 rings (SSSR count). The Bertz CT molecular complexity index is 942. The largest absolute Gasteiger partial charge is 0.508 e. The van der Waals surface area contributed by atoms with Gasteiger partial charge < -0.3 is 9.84 Å². The quantitative estimate of drug-likeness (QED) is 0.246. The summed E-state index contributed by atoms with van der Waals surface area (Å²) in [5, 5.41) is 11.7. The first-order valence-corrected chi connectivity index (χ1v) is 12.5. The van der Waals surface area contributed by atoms with Crippen molar-refractivity contribution in [1.82, 2.24) is 9.97 Å². The summed E-state index contributed by atoms with van der Waals surface area (Å²) in [5.74, 6) is 1.56. The lowest BCUT2D eigenvalue weighted by atomic mass is 10.1. The predicted molar refractivity (Wildman–Crippen MR) is 133 cm³/mol. The SMILES string of the molecule is CCCCCCCCCCCCCCOc1ccnc(-c2ccc3cc(O)ccc3c2)n1. The van der Waals surface area contributed by atoms with Gasteiger partial charge in [-0.25, -0.2) is 4.98 Å². The Labute approximate surface area is 193 Å². The van der Waals surface area contributed by atoms with Crippen LogP contribution < -0.4 is 4.74 Å². The average Bonchev–Trinajstić information content (AvgIpc) is 2.82. The van der Waals surface area contributed by atoms with Crippen molar-refractivity contribution in [2.75, 3.05) is 6.61 Å². The van der Waals surface area contributed by atoms with Crippen LogP contribution in [0.2, 0.25) is 0 Å². The molecule has 0 amide bonds. The van der Waals surface area contributed by atoms with Crippen molar-refractivity contribution >= 4 is 10.8 Å². The number of benzene rings is 2. The number of nitrogens with zero attached hydrogens (tertiary/aromatic N) is 2. The van der Waals surface area contributed by atoms with Crippen LogP contribution in [0.25, 0.3) is 22.2 Å². The third-order valence-electron chi connectivity index (χ3n) is 5.96. The molecule has 0 spiro atoms. The van der Waals surface area contributed by atoms with Gasteiger partial charge in [0.15, 0.2) is 5.82 Å². The molecule has 2 aromatic carbocycles. The molecule has 0 fully saturated rings. The van der Waals surface area contributed by atoms with E-state index in [9.17, 15) is 5.11 Å². The van der Waals surface area contributed by atoms with Crippen LogP contribution in [0.3, 0.4) is 0 Å². The number of hydrogen-bond acceptors (Lipinski definition) is 4. The molecule has 0 saturated carbocycles. The van der Waals surface area contributed by atoms with Gasteiger partial charge in [0, 0.05) is 17.8 Å². The fourth-order valence-electron chi connectivity index (χ4n) is 4.05. The van der Waals surface area contributed by atoms with Gasteiger partial charge in [-0.1, -0.05) is 95.8 Å². The van der Waals surface area contributed by atoms with E-state index in [4.69, 9.17) is 4.74 Å². The number of aromatic nitrogens is 2. The van der Waals surface area contributed by atoms with Gasteiger partial charge in [0.05, 0.1) is 6.61 Å². The summed E-state index contributed by atoms with van der Waals surface area (Å²) in [6, 6.07) is 13.2. The third kappa shape index (κ3) is 8.14. The van der Waals surface area contributed by atoms with E-state index in [-0.39, 0.29) is 5.75 Å². The maximum absolute atomic E-state index is 9.63. The van der Waals surface area contributed by atoms with Gasteiger partial charge in [-0.2, -0.15) is 4.98 Å². The van der Waals surface area contributed by atoms with Crippen molar-refractivity contribution in [3.8, 4) is 23.0 Å². The number of phenolic OH excluding ortho intramolecular Hbond substituents is 1. The predicted octanol–water partition coefficient (Wildman–Crippen LogP) is 8.08. The van der Waals surface area contributed by atoms with Crippen LogP contribution in [-0.4, -0.2) is 21.7 Å². The van der Waals surface area contributed by atoms with Crippen LogP contribution in [0.4, 0.5) is 0 Å². The number of hydrogen-bond donors (Lipinski definition) is 1. The zero-order valence-electron chi connectivity index (χ0n) is 19.6. The minimum atomic E-state index is 0.273. The molecule has 1 aromatic heterocycles. The second kappa shape index (κ2) is 13.7. The number of fused-ring (bicyclic) bond motifs is 1. The van der Waals surface area contributed by atoms with Crippen molar-refractivity contribution in [3.63, 3.8) is 0 Å². The number of phenols is 1. The number of rotatable bonds is 15. The maximum atomic E-state index is 9.63. The summed E-state index contributed by atoms with van der Waals surface area (Å²) >= 11 is 0. The molecule has 4 heteroatoms.